The van der Waals surface area contributed by atoms with E-state index in [1.54, 1.807) is 6.07 Å². The third-order valence-corrected chi connectivity index (χ3v) is 5.61. The van der Waals surface area contributed by atoms with Gasteiger partial charge in [-0.1, -0.05) is 60.3 Å². The first-order chi connectivity index (χ1) is 15.2. The molecule has 3 aromatic carbocycles. The second-order valence-corrected chi connectivity index (χ2v) is 7.80. The molecule has 0 aliphatic rings. The third-order valence-electron chi connectivity index (χ3n) is 4.78. The lowest BCUT2D eigenvalue weighted by Gasteiger charge is -2.11. The lowest BCUT2D eigenvalue weighted by atomic mass is 10.0. The Labute approximate surface area is 180 Å². The zero-order chi connectivity index (χ0) is 21.2. The van der Waals surface area contributed by atoms with Crippen LogP contribution in [0.1, 0.15) is 0 Å². The van der Waals surface area contributed by atoms with E-state index in [1.807, 2.05) is 54.6 Å². The number of carbonyl (C=O) groups excluding carboxylic acids is 1. The topological polar surface area (TPSA) is 83.6 Å². The number of hydrogen-bond donors (Lipinski definition) is 2. The number of thioether (sulfide) groups is 1. The minimum absolute atomic E-state index is 0.130. The summed E-state index contributed by atoms with van der Waals surface area (Å²) in [4.78, 5) is 20.1. The minimum Gasteiger partial charge on any atom is -0.338 e. The highest BCUT2D eigenvalue weighted by molar-refractivity contribution is 7.99. The minimum atomic E-state index is -0.346. The van der Waals surface area contributed by atoms with E-state index in [-0.39, 0.29) is 17.5 Å². The van der Waals surface area contributed by atoms with Crippen molar-refractivity contribution in [1.29, 1.82) is 0 Å². The van der Waals surface area contributed by atoms with E-state index in [2.05, 4.69) is 25.5 Å². The number of aromatic nitrogens is 4. The van der Waals surface area contributed by atoms with Crippen LogP contribution in [0.3, 0.4) is 0 Å². The fraction of sp³-hybridized carbons (Fsp3) is 0.0435. The first-order valence-electron chi connectivity index (χ1n) is 9.56. The Morgan fingerprint density at radius 1 is 1.00 bits per heavy atom. The maximum atomic E-state index is 13.5. The molecule has 0 spiro atoms. The molecule has 0 fully saturated rings. The highest BCUT2D eigenvalue weighted by Gasteiger charge is 2.13. The average molecular weight is 429 g/mol. The predicted molar refractivity (Wildman–Crippen MR) is 120 cm³/mol. The molecule has 2 N–H and O–H groups in total. The van der Waals surface area contributed by atoms with Crippen molar-refractivity contribution in [3.8, 4) is 11.1 Å². The summed E-state index contributed by atoms with van der Waals surface area (Å²) in [6, 6.07) is 22.0. The van der Waals surface area contributed by atoms with Crippen LogP contribution < -0.4 is 5.32 Å². The molecule has 6 nitrogen and oxygen atoms in total. The number of fused-ring (bicyclic) bond motifs is 3. The molecule has 0 atom stereocenters. The van der Waals surface area contributed by atoms with Gasteiger partial charge in [0.2, 0.25) is 11.1 Å². The Morgan fingerprint density at radius 2 is 1.81 bits per heavy atom. The van der Waals surface area contributed by atoms with Gasteiger partial charge in [-0.15, -0.1) is 10.2 Å². The molecule has 31 heavy (non-hydrogen) atoms. The van der Waals surface area contributed by atoms with Gasteiger partial charge in [0, 0.05) is 22.2 Å². The largest absolute Gasteiger partial charge is 0.338 e. The van der Waals surface area contributed by atoms with E-state index in [0.29, 0.717) is 21.7 Å². The van der Waals surface area contributed by atoms with Crippen LogP contribution >= 0.6 is 11.8 Å². The molecule has 152 valence electrons. The Morgan fingerprint density at radius 3 is 2.68 bits per heavy atom. The number of hydrogen-bond acceptors (Lipinski definition) is 5. The zero-order valence-electron chi connectivity index (χ0n) is 16.2. The number of H-pyrrole nitrogens is 1. The molecule has 5 rings (SSSR count). The zero-order valence-corrected chi connectivity index (χ0v) is 17.0. The maximum absolute atomic E-state index is 13.5. The van der Waals surface area contributed by atoms with Crippen molar-refractivity contribution in [2.75, 3.05) is 11.1 Å². The van der Waals surface area contributed by atoms with E-state index in [9.17, 15) is 9.18 Å². The molecule has 5 aromatic rings. The number of rotatable bonds is 5. The molecule has 0 aliphatic carbocycles. The number of nitrogens with one attached hydrogen (secondary N) is 2. The van der Waals surface area contributed by atoms with Crippen LogP contribution in [-0.2, 0) is 4.79 Å². The maximum Gasteiger partial charge on any atom is 0.234 e. The standard InChI is InChI=1S/C23H16FN5OS/c24-15-10-11-19-17(12-15)21-22(26-19)27-23(29-28-21)31-13-20(30)25-18-9-5-4-8-16(18)14-6-2-1-3-7-14/h1-12H,13H2,(H,25,30)(H,26,27,29). The lowest BCUT2D eigenvalue weighted by molar-refractivity contribution is -0.113. The second kappa shape index (κ2) is 8.16. The van der Waals surface area contributed by atoms with Crippen LogP contribution in [0.15, 0.2) is 78.0 Å². The van der Waals surface area contributed by atoms with Gasteiger partial charge in [0.25, 0.3) is 0 Å². The molecule has 0 saturated heterocycles. The fourth-order valence-corrected chi connectivity index (χ4v) is 3.95. The molecule has 0 aliphatic heterocycles. The van der Waals surface area contributed by atoms with Crippen LogP contribution in [0.2, 0.25) is 0 Å². The fourth-order valence-electron chi connectivity index (χ4n) is 3.37. The van der Waals surface area contributed by atoms with E-state index in [4.69, 9.17) is 0 Å². The molecular formula is C23H16FN5OS. The van der Waals surface area contributed by atoms with Crippen molar-refractivity contribution in [2.45, 2.75) is 5.16 Å². The van der Waals surface area contributed by atoms with Gasteiger partial charge < -0.3 is 10.3 Å². The van der Waals surface area contributed by atoms with Crippen LogP contribution in [0, 0.1) is 5.82 Å². The Bertz CT molecular complexity index is 1400. The number of aromatic amines is 1. The molecule has 2 aromatic heterocycles. The number of benzene rings is 3. The van der Waals surface area contributed by atoms with Crippen molar-refractivity contribution >= 4 is 45.4 Å². The molecule has 1 amide bonds. The van der Waals surface area contributed by atoms with Gasteiger partial charge in [-0.3, -0.25) is 4.79 Å². The lowest BCUT2D eigenvalue weighted by Crippen LogP contribution is -2.15. The Kier molecular flexibility index (Phi) is 5.05. The van der Waals surface area contributed by atoms with Crippen LogP contribution in [-0.4, -0.2) is 31.8 Å². The van der Waals surface area contributed by atoms with Gasteiger partial charge in [-0.25, -0.2) is 9.37 Å². The van der Waals surface area contributed by atoms with Gasteiger partial charge >= 0.3 is 0 Å². The number of carbonyl (C=O) groups is 1. The molecule has 0 saturated carbocycles. The summed E-state index contributed by atoms with van der Waals surface area (Å²) < 4.78 is 13.5. The molecule has 0 unspecified atom stereocenters. The van der Waals surface area contributed by atoms with Crippen LogP contribution in [0.25, 0.3) is 33.2 Å². The second-order valence-electron chi connectivity index (χ2n) is 6.85. The number of anilines is 1. The van der Waals surface area contributed by atoms with E-state index < -0.39 is 0 Å². The summed E-state index contributed by atoms with van der Waals surface area (Å²) in [6.45, 7) is 0. The van der Waals surface area contributed by atoms with Crippen molar-refractivity contribution < 1.29 is 9.18 Å². The van der Waals surface area contributed by atoms with Gasteiger partial charge in [-0.2, -0.15) is 0 Å². The molecule has 0 radical (unpaired) electrons. The van der Waals surface area contributed by atoms with Crippen molar-refractivity contribution in [2.24, 2.45) is 0 Å². The van der Waals surface area contributed by atoms with Gasteiger partial charge in [-0.05, 0) is 29.8 Å². The van der Waals surface area contributed by atoms with Gasteiger partial charge in [0.05, 0.1) is 5.75 Å². The monoisotopic (exact) mass is 429 g/mol. The summed E-state index contributed by atoms with van der Waals surface area (Å²) in [7, 11) is 0. The predicted octanol–water partition coefficient (Wildman–Crippen LogP) is 5.04. The SMILES string of the molecule is O=C(CSc1nnc2c(n1)[nH]c1ccc(F)cc12)Nc1ccccc1-c1ccccc1. The summed E-state index contributed by atoms with van der Waals surface area (Å²) in [6.07, 6.45) is 0. The summed E-state index contributed by atoms with van der Waals surface area (Å²) in [5, 5.41) is 12.2. The van der Waals surface area contributed by atoms with Crippen molar-refractivity contribution in [3.63, 3.8) is 0 Å². The number of amides is 1. The highest BCUT2D eigenvalue weighted by Crippen LogP contribution is 2.28. The van der Waals surface area contributed by atoms with Gasteiger partial charge in [0.1, 0.15) is 11.3 Å². The van der Waals surface area contributed by atoms with Crippen LogP contribution in [0.4, 0.5) is 10.1 Å². The molecule has 0 bridgehead atoms. The summed E-state index contributed by atoms with van der Waals surface area (Å²) in [5.41, 5.74) is 4.46. The molecule has 8 heteroatoms. The molecular weight excluding hydrogens is 413 g/mol. The van der Waals surface area contributed by atoms with Crippen LogP contribution in [0.5, 0.6) is 0 Å². The third kappa shape index (κ3) is 3.97. The van der Waals surface area contributed by atoms with Crippen molar-refractivity contribution in [3.05, 3.63) is 78.6 Å². The molecule has 2 heterocycles. The first kappa shape index (κ1) is 19.2. The number of para-hydroxylation sites is 1. The van der Waals surface area contributed by atoms with E-state index in [0.717, 1.165) is 22.3 Å². The van der Waals surface area contributed by atoms with E-state index >= 15 is 0 Å². The van der Waals surface area contributed by atoms with Crippen molar-refractivity contribution in [1.82, 2.24) is 20.2 Å². The quantitative estimate of drug-likeness (QED) is 0.382. The Hall–Kier alpha value is -3.78. The Balaban J connectivity index is 1.31. The smallest absolute Gasteiger partial charge is 0.234 e. The van der Waals surface area contributed by atoms with E-state index in [1.165, 1.54) is 23.9 Å². The summed E-state index contributed by atoms with van der Waals surface area (Å²) >= 11 is 1.19. The number of nitrogens with zero attached hydrogens (tertiary/aromatic N) is 3. The highest BCUT2D eigenvalue weighted by atomic mass is 32.2. The number of halogens is 1. The van der Waals surface area contributed by atoms with Gasteiger partial charge in [0.15, 0.2) is 5.65 Å². The normalized spacial score (nSPS) is 11.1. The summed E-state index contributed by atoms with van der Waals surface area (Å²) in [5.74, 6) is -0.387. The first-order valence-corrected chi connectivity index (χ1v) is 10.5. The average Bonchev–Trinajstić information content (AvgIpc) is 3.15.